The van der Waals surface area contributed by atoms with Crippen LogP contribution < -0.4 is 14.8 Å². The smallest absolute Gasteiger partial charge is 0.275 e. The summed E-state index contributed by atoms with van der Waals surface area (Å²) in [7, 11) is 3.11. The number of nitrogens with zero attached hydrogens (tertiary/aromatic N) is 2. The lowest BCUT2D eigenvalue weighted by Gasteiger charge is -2.11. The molecule has 2 aromatic rings. The number of hydrogen-bond acceptors (Lipinski definition) is 4. The number of amides is 1. The Labute approximate surface area is 131 Å². The Hall–Kier alpha value is -2.02. The van der Waals surface area contributed by atoms with Gasteiger partial charge in [0.05, 0.1) is 24.9 Å². The number of halogens is 1. The maximum atomic E-state index is 12.4. The standard InChI is InChI=1S/C14H16BrN3O3/c1-4-18-13(10(15)8-16-18)14(19)17-9-5-6-11(20-2)12(7-9)21-3/h5-8H,4H2,1-3H3,(H,17,19). The lowest BCUT2D eigenvalue weighted by molar-refractivity contribution is 0.101. The minimum absolute atomic E-state index is 0.242. The molecule has 1 aromatic carbocycles. The summed E-state index contributed by atoms with van der Waals surface area (Å²) in [6.07, 6.45) is 1.60. The van der Waals surface area contributed by atoms with Gasteiger partial charge in [-0.1, -0.05) is 0 Å². The van der Waals surface area contributed by atoms with Crippen molar-refractivity contribution >= 4 is 27.5 Å². The number of carbonyl (C=O) groups excluding carboxylic acids is 1. The third-order valence-electron chi connectivity index (χ3n) is 2.95. The SMILES string of the molecule is CCn1ncc(Br)c1C(=O)Nc1ccc(OC)c(OC)c1. The summed E-state index contributed by atoms with van der Waals surface area (Å²) in [6.45, 7) is 2.53. The Morgan fingerprint density at radius 3 is 2.67 bits per heavy atom. The molecule has 0 saturated heterocycles. The van der Waals surface area contributed by atoms with Crippen LogP contribution in [0.1, 0.15) is 17.4 Å². The van der Waals surface area contributed by atoms with E-state index < -0.39 is 0 Å². The van der Waals surface area contributed by atoms with Gasteiger partial charge in [-0.25, -0.2) is 0 Å². The molecule has 2 rings (SSSR count). The molecule has 0 aliphatic rings. The molecule has 0 aliphatic carbocycles. The highest BCUT2D eigenvalue weighted by molar-refractivity contribution is 9.10. The highest BCUT2D eigenvalue weighted by atomic mass is 79.9. The molecule has 7 heteroatoms. The topological polar surface area (TPSA) is 65.4 Å². The molecular formula is C14H16BrN3O3. The molecule has 0 saturated carbocycles. The zero-order chi connectivity index (χ0) is 15.4. The number of aryl methyl sites for hydroxylation is 1. The van der Waals surface area contributed by atoms with Crippen LogP contribution in [0, 0.1) is 0 Å². The van der Waals surface area contributed by atoms with E-state index in [-0.39, 0.29) is 5.91 Å². The fourth-order valence-electron chi connectivity index (χ4n) is 1.93. The second-order valence-electron chi connectivity index (χ2n) is 4.18. The second kappa shape index (κ2) is 6.62. The first-order valence-electron chi connectivity index (χ1n) is 6.35. The molecule has 0 radical (unpaired) electrons. The highest BCUT2D eigenvalue weighted by Gasteiger charge is 2.17. The van der Waals surface area contributed by atoms with E-state index in [0.717, 1.165) is 0 Å². The number of anilines is 1. The first-order chi connectivity index (χ1) is 10.1. The van der Waals surface area contributed by atoms with Gasteiger partial charge >= 0.3 is 0 Å². The number of rotatable bonds is 5. The van der Waals surface area contributed by atoms with Crippen LogP contribution in [0.4, 0.5) is 5.69 Å². The molecule has 112 valence electrons. The van der Waals surface area contributed by atoms with E-state index in [2.05, 4.69) is 26.3 Å². The largest absolute Gasteiger partial charge is 0.493 e. The molecule has 0 atom stereocenters. The third kappa shape index (κ3) is 3.18. The zero-order valence-corrected chi connectivity index (χ0v) is 13.6. The predicted molar refractivity (Wildman–Crippen MR) is 83.1 cm³/mol. The molecule has 0 fully saturated rings. The van der Waals surface area contributed by atoms with Gasteiger partial charge in [-0.05, 0) is 35.0 Å². The summed E-state index contributed by atoms with van der Waals surface area (Å²) in [6, 6.07) is 5.19. The van der Waals surface area contributed by atoms with Crippen LogP contribution in [0.3, 0.4) is 0 Å². The summed E-state index contributed by atoms with van der Waals surface area (Å²) >= 11 is 3.33. The minimum atomic E-state index is -0.242. The van der Waals surface area contributed by atoms with E-state index >= 15 is 0 Å². The van der Waals surface area contributed by atoms with Gasteiger partial charge in [0.1, 0.15) is 5.69 Å². The molecule has 0 bridgehead atoms. The molecule has 1 heterocycles. The van der Waals surface area contributed by atoms with Crippen LogP contribution in [0.15, 0.2) is 28.9 Å². The molecule has 6 nitrogen and oxygen atoms in total. The quantitative estimate of drug-likeness (QED) is 0.897. The van der Waals surface area contributed by atoms with Crippen molar-refractivity contribution in [1.29, 1.82) is 0 Å². The lowest BCUT2D eigenvalue weighted by Crippen LogP contribution is -2.18. The van der Waals surface area contributed by atoms with Crippen LogP contribution in [-0.4, -0.2) is 29.9 Å². The van der Waals surface area contributed by atoms with Crippen molar-refractivity contribution in [3.63, 3.8) is 0 Å². The van der Waals surface area contributed by atoms with Crippen LogP contribution >= 0.6 is 15.9 Å². The van der Waals surface area contributed by atoms with Crippen molar-refractivity contribution < 1.29 is 14.3 Å². The normalized spacial score (nSPS) is 10.3. The van der Waals surface area contributed by atoms with Crippen molar-refractivity contribution in [2.45, 2.75) is 13.5 Å². The van der Waals surface area contributed by atoms with E-state index in [1.165, 1.54) is 0 Å². The summed E-state index contributed by atoms with van der Waals surface area (Å²) in [5, 5.41) is 6.94. The van der Waals surface area contributed by atoms with Crippen molar-refractivity contribution in [2.24, 2.45) is 0 Å². The molecule has 21 heavy (non-hydrogen) atoms. The number of aromatic nitrogens is 2. The van der Waals surface area contributed by atoms with E-state index in [9.17, 15) is 4.79 Å². The number of methoxy groups -OCH3 is 2. The maximum absolute atomic E-state index is 12.4. The van der Waals surface area contributed by atoms with Crippen molar-refractivity contribution in [3.8, 4) is 11.5 Å². The Morgan fingerprint density at radius 2 is 2.05 bits per heavy atom. The fraction of sp³-hybridized carbons (Fsp3) is 0.286. The first-order valence-corrected chi connectivity index (χ1v) is 7.14. The van der Waals surface area contributed by atoms with Crippen LogP contribution in [0.25, 0.3) is 0 Å². The number of hydrogen-bond donors (Lipinski definition) is 1. The Bertz CT molecular complexity index is 655. The van der Waals surface area contributed by atoms with E-state index in [1.54, 1.807) is 43.3 Å². The van der Waals surface area contributed by atoms with Crippen molar-refractivity contribution in [2.75, 3.05) is 19.5 Å². The van der Waals surface area contributed by atoms with Gasteiger partial charge in [0.2, 0.25) is 0 Å². The predicted octanol–water partition coefficient (Wildman–Crippen LogP) is 2.94. The monoisotopic (exact) mass is 353 g/mol. The zero-order valence-electron chi connectivity index (χ0n) is 12.0. The number of nitrogens with one attached hydrogen (secondary N) is 1. The van der Waals surface area contributed by atoms with Crippen LogP contribution in [-0.2, 0) is 6.54 Å². The van der Waals surface area contributed by atoms with Crippen LogP contribution in [0.5, 0.6) is 11.5 Å². The summed E-state index contributed by atoms with van der Waals surface area (Å²) < 4.78 is 12.7. The molecule has 1 aromatic heterocycles. The number of carbonyl (C=O) groups is 1. The van der Waals surface area contributed by atoms with Crippen LogP contribution in [0.2, 0.25) is 0 Å². The third-order valence-corrected chi connectivity index (χ3v) is 3.53. The van der Waals surface area contributed by atoms with E-state index in [0.29, 0.717) is 33.9 Å². The molecule has 1 N–H and O–H groups in total. The van der Waals surface area contributed by atoms with Gasteiger partial charge in [0.15, 0.2) is 11.5 Å². The van der Waals surface area contributed by atoms with Gasteiger partial charge in [0.25, 0.3) is 5.91 Å². The Kier molecular flexibility index (Phi) is 4.85. The molecule has 0 spiro atoms. The number of benzene rings is 1. The number of ether oxygens (including phenoxy) is 2. The Balaban J connectivity index is 2.25. The maximum Gasteiger partial charge on any atom is 0.275 e. The molecular weight excluding hydrogens is 338 g/mol. The van der Waals surface area contributed by atoms with Gasteiger partial charge in [-0.2, -0.15) is 5.10 Å². The first kappa shape index (κ1) is 15.4. The highest BCUT2D eigenvalue weighted by Crippen LogP contribution is 2.30. The van der Waals surface area contributed by atoms with E-state index in [1.807, 2.05) is 6.92 Å². The molecule has 0 aliphatic heterocycles. The average Bonchev–Trinajstić information content (AvgIpc) is 2.88. The summed E-state index contributed by atoms with van der Waals surface area (Å²) in [5.74, 6) is 0.919. The Morgan fingerprint density at radius 1 is 1.33 bits per heavy atom. The van der Waals surface area contributed by atoms with Gasteiger partial charge < -0.3 is 14.8 Å². The van der Waals surface area contributed by atoms with Gasteiger partial charge in [-0.15, -0.1) is 0 Å². The summed E-state index contributed by atoms with van der Waals surface area (Å²) in [5.41, 5.74) is 1.10. The van der Waals surface area contributed by atoms with Crippen molar-refractivity contribution in [1.82, 2.24) is 9.78 Å². The van der Waals surface area contributed by atoms with Gasteiger partial charge in [0, 0.05) is 18.3 Å². The van der Waals surface area contributed by atoms with Crippen molar-refractivity contribution in [3.05, 3.63) is 34.6 Å². The molecule has 0 unspecified atom stereocenters. The lowest BCUT2D eigenvalue weighted by atomic mass is 10.2. The summed E-state index contributed by atoms with van der Waals surface area (Å²) in [4.78, 5) is 12.4. The average molecular weight is 354 g/mol. The molecule has 1 amide bonds. The van der Waals surface area contributed by atoms with E-state index in [4.69, 9.17) is 9.47 Å². The fourth-order valence-corrected chi connectivity index (χ4v) is 2.41. The minimum Gasteiger partial charge on any atom is -0.493 e. The second-order valence-corrected chi connectivity index (χ2v) is 5.04. The van der Waals surface area contributed by atoms with Gasteiger partial charge in [-0.3, -0.25) is 9.48 Å².